The van der Waals surface area contributed by atoms with Gasteiger partial charge in [-0.2, -0.15) is 0 Å². The molecule has 2 aromatic heterocycles. The average Bonchev–Trinajstić information content (AvgIpc) is 3.49. The molecule has 2 aliphatic heterocycles. The van der Waals surface area contributed by atoms with Crippen molar-refractivity contribution in [3.8, 4) is 0 Å². The molecule has 0 radical (unpaired) electrons. The second kappa shape index (κ2) is 8.61. The number of carbonyl (C=O) groups is 2. The fourth-order valence-corrected chi connectivity index (χ4v) is 5.27. The molecule has 6 rings (SSSR count). The largest absolute Gasteiger partial charge is 0.378 e. The average molecular weight is 489 g/mol. The molecule has 1 fully saturated rings. The van der Waals surface area contributed by atoms with Gasteiger partial charge in [-0.15, -0.1) is 0 Å². The van der Waals surface area contributed by atoms with Gasteiger partial charge in [0.05, 0.1) is 35.4 Å². The van der Waals surface area contributed by atoms with E-state index < -0.39 is 11.8 Å². The zero-order chi connectivity index (χ0) is 25.0. The van der Waals surface area contributed by atoms with E-state index in [0.717, 1.165) is 29.7 Å². The summed E-state index contributed by atoms with van der Waals surface area (Å²) >= 11 is 0. The van der Waals surface area contributed by atoms with Crippen molar-refractivity contribution in [2.24, 2.45) is 7.05 Å². The Morgan fingerprint density at radius 1 is 0.944 bits per heavy atom. The monoisotopic (exact) mass is 488 g/mol. The number of hydrogen-bond acceptors (Lipinski definition) is 5. The Labute approximate surface area is 206 Å². The van der Waals surface area contributed by atoms with Crippen molar-refractivity contribution < 1.29 is 23.5 Å². The number of fused-ring (bicyclic) bond motifs is 2. The Bertz CT molecular complexity index is 1580. The van der Waals surface area contributed by atoms with Crippen LogP contribution in [0, 0.1) is 5.82 Å². The second-order valence-electron chi connectivity index (χ2n) is 9.08. The van der Waals surface area contributed by atoms with Gasteiger partial charge in [-0.1, -0.05) is 6.07 Å². The number of ether oxygens (including phenoxy) is 2. The highest BCUT2D eigenvalue weighted by Crippen LogP contribution is 2.39. The maximum Gasteiger partial charge on any atom is 0.259 e. The lowest BCUT2D eigenvalue weighted by molar-refractivity contribution is -0.122. The van der Waals surface area contributed by atoms with Crippen LogP contribution in [0.4, 0.5) is 10.1 Å². The molecule has 2 amide bonds. The van der Waals surface area contributed by atoms with E-state index in [4.69, 9.17) is 9.47 Å². The van der Waals surface area contributed by atoms with Crippen LogP contribution in [0.15, 0.2) is 48.8 Å². The van der Waals surface area contributed by atoms with E-state index >= 15 is 0 Å². The first-order valence-corrected chi connectivity index (χ1v) is 11.8. The van der Waals surface area contributed by atoms with E-state index in [1.54, 1.807) is 31.0 Å². The molecule has 2 aromatic carbocycles. The van der Waals surface area contributed by atoms with Gasteiger partial charge in [-0.3, -0.25) is 14.9 Å². The van der Waals surface area contributed by atoms with E-state index in [0.29, 0.717) is 40.8 Å². The molecule has 184 valence electrons. The predicted octanol–water partition coefficient (Wildman–Crippen LogP) is 3.28. The van der Waals surface area contributed by atoms with Gasteiger partial charge in [0.25, 0.3) is 11.8 Å². The molecule has 0 unspecified atom stereocenters. The van der Waals surface area contributed by atoms with E-state index in [-0.39, 0.29) is 18.1 Å². The molecule has 8 nitrogen and oxygen atoms in total. The number of nitrogens with one attached hydrogen (secondary N) is 1. The second-order valence-corrected chi connectivity index (χ2v) is 9.08. The van der Waals surface area contributed by atoms with Crippen LogP contribution in [0.2, 0.25) is 0 Å². The van der Waals surface area contributed by atoms with Gasteiger partial charge in [0.2, 0.25) is 0 Å². The minimum atomic E-state index is -0.468. The highest BCUT2D eigenvalue weighted by molar-refractivity contribution is 6.50. The van der Waals surface area contributed by atoms with E-state index in [9.17, 15) is 14.0 Å². The van der Waals surface area contributed by atoms with Crippen molar-refractivity contribution in [2.75, 3.05) is 38.3 Å². The van der Waals surface area contributed by atoms with Crippen molar-refractivity contribution in [2.45, 2.75) is 6.73 Å². The van der Waals surface area contributed by atoms with Crippen LogP contribution >= 0.6 is 0 Å². The molecule has 0 saturated carbocycles. The third-order valence-electron chi connectivity index (χ3n) is 6.93. The van der Waals surface area contributed by atoms with Crippen molar-refractivity contribution in [3.63, 3.8) is 0 Å². The number of halogens is 1. The molecular formula is C27H25FN4O4. The molecule has 2 aliphatic rings. The molecule has 4 heterocycles. The fraction of sp³-hybridized carbons (Fsp3) is 0.259. The summed E-state index contributed by atoms with van der Waals surface area (Å²) in [6.45, 7) is 3.24. The predicted molar refractivity (Wildman–Crippen MR) is 135 cm³/mol. The van der Waals surface area contributed by atoms with Crippen molar-refractivity contribution in [1.29, 1.82) is 0 Å². The Kier molecular flexibility index (Phi) is 5.39. The number of rotatable bonds is 5. The summed E-state index contributed by atoms with van der Waals surface area (Å²) in [5.41, 5.74) is 4.42. The van der Waals surface area contributed by atoms with Crippen LogP contribution in [0.5, 0.6) is 0 Å². The van der Waals surface area contributed by atoms with Crippen LogP contribution in [-0.2, 0) is 32.8 Å². The lowest BCUT2D eigenvalue weighted by atomic mass is 9.95. The summed E-state index contributed by atoms with van der Waals surface area (Å²) in [5.74, 6) is -1.29. The Balaban J connectivity index is 1.57. The highest BCUT2D eigenvalue weighted by Gasteiger charge is 2.35. The third-order valence-corrected chi connectivity index (χ3v) is 6.93. The zero-order valence-corrected chi connectivity index (χ0v) is 20.0. The number of morpholine rings is 1. The van der Waals surface area contributed by atoms with E-state index in [2.05, 4.69) is 16.3 Å². The van der Waals surface area contributed by atoms with Crippen molar-refractivity contribution in [1.82, 2.24) is 14.5 Å². The zero-order valence-electron chi connectivity index (χ0n) is 20.0. The Morgan fingerprint density at radius 2 is 1.61 bits per heavy atom. The number of imide groups is 1. The fourth-order valence-electron chi connectivity index (χ4n) is 5.27. The first-order chi connectivity index (χ1) is 17.5. The number of carbonyl (C=O) groups excluding carboxylic acids is 2. The number of aryl methyl sites for hydroxylation is 1. The van der Waals surface area contributed by atoms with Crippen LogP contribution < -0.4 is 10.2 Å². The molecule has 0 aliphatic carbocycles. The quantitative estimate of drug-likeness (QED) is 0.437. The van der Waals surface area contributed by atoms with Gasteiger partial charge in [0, 0.05) is 67.2 Å². The molecule has 0 atom stereocenters. The van der Waals surface area contributed by atoms with Gasteiger partial charge in [-0.05, 0) is 30.3 Å². The van der Waals surface area contributed by atoms with Crippen molar-refractivity contribution in [3.05, 3.63) is 65.7 Å². The number of aromatic nitrogens is 2. The molecule has 1 N–H and O–H groups in total. The third kappa shape index (κ3) is 3.51. The van der Waals surface area contributed by atoms with Crippen molar-refractivity contribution >= 4 is 50.5 Å². The summed E-state index contributed by atoms with van der Waals surface area (Å²) < 4.78 is 28.5. The number of nitrogens with zero attached hydrogens (tertiary/aromatic N) is 3. The van der Waals surface area contributed by atoms with Gasteiger partial charge in [-0.25, -0.2) is 4.39 Å². The summed E-state index contributed by atoms with van der Waals surface area (Å²) in [6.07, 6.45) is 3.62. The van der Waals surface area contributed by atoms with E-state index in [1.165, 1.54) is 12.1 Å². The molecular weight excluding hydrogens is 463 g/mol. The van der Waals surface area contributed by atoms with Crippen LogP contribution in [0.3, 0.4) is 0 Å². The maximum atomic E-state index is 13.9. The SMILES string of the molecule is COCn1cc(C2=C(c3cn(C)c4cc(F)ccc34)C(=O)NC2=O)c2ccc(N3CCOCC3)cc21. The van der Waals surface area contributed by atoms with Crippen LogP contribution in [-0.4, -0.2) is 54.4 Å². The topological polar surface area (TPSA) is 77.7 Å². The standard InChI is InChI=1S/C27H25FN4O4/c1-30-13-20(18-5-3-16(28)11-22(18)30)24-25(27(34)29-26(24)33)21-14-32(15-35-2)23-12-17(4-6-19(21)23)31-7-9-36-10-8-31/h3-6,11-14H,7-10,15H2,1-2H3,(H,29,33,34). The number of hydrogen-bond donors (Lipinski definition) is 1. The summed E-state index contributed by atoms with van der Waals surface area (Å²) in [7, 11) is 3.40. The molecule has 1 saturated heterocycles. The minimum absolute atomic E-state index is 0.283. The first-order valence-electron chi connectivity index (χ1n) is 11.8. The smallest absolute Gasteiger partial charge is 0.259 e. The number of amides is 2. The van der Waals surface area contributed by atoms with Gasteiger partial charge < -0.3 is 23.5 Å². The maximum absolute atomic E-state index is 13.9. The molecule has 4 aromatic rings. The van der Waals surface area contributed by atoms with E-state index in [1.807, 2.05) is 22.9 Å². The highest BCUT2D eigenvalue weighted by atomic mass is 19.1. The summed E-state index contributed by atoms with van der Waals surface area (Å²) in [4.78, 5) is 28.5. The van der Waals surface area contributed by atoms with Crippen LogP contribution in [0.1, 0.15) is 11.1 Å². The first kappa shape index (κ1) is 22.5. The normalized spacial score (nSPS) is 16.6. The Hall–Kier alpha value is -3.95. The molecule has 0 spiro atoms. The summed E-state index contributed by atoms with van der Waals surface area (Å²) in [6, 6.07) is 10.5. The Morgan fingerprint density at radius 3 is 2.33 bits per heavy atom. The molecule has 36 heavy (non-hydrogen) atoms. The minimum Gasteiger partial charge on any atom is -0.378 e. The lowest BCUT2D eigenvalue weighted by Crippen LogP contribution is -2.36. The lowest BCUT2D eigenvalue weighted by Gasteiger charge is -2.29. The number of anilines is 1. The number of methoxy groups -OCH3 is 1. The van der Waals surface area contributed by atoms with Crippen LogP contribution in [0.25, 0.3) is 33.0 Å². The van der Waals surface area contributed by atoms with Gasteiger partial charge in [0.1, 0.15) is 12.5 Å². The molecule has 9 heteroatoms. The van der Waals surface area contributed by atoms with Gasteiger partial charge in [0.15, 0.2) is 0 Å². The number of benzene rings is 2. The summed E-state index contributed by atoms with van der Waals surface area (Å²) in [5, 5.41) is 4.01. The molecule has 0 bridgehead atoms. The van der Waals surface area contributed by atoms with Gasteiger partial charge >= 0.3 is 0 Å².